The lowest BCUT2D eigenvalue weighted by atomic mass is 10.1. The molecule has 0 fully saturated rings. The zero-order valence-corrected chi connectivity index (χ0v) is 23.2. The molecule has 0 unspecified atom stereocenters. The average Bonchev–Trinajstić information content (AvgIpc) is 2.89. The highest BCUT2D eigenvalue weighted by Gasteiger charge is 2.35. The van der Waals surface area contributed by atoms with Crippen molar-refractivity contribution in [2.75, 3.05) is 24.0 Å². The summed E-state index contributed by atoms with van der Waals surface area (Å²) in [6.45, 7) is 3.87. The predicted octanol–water partition coefficient (Wildman–Crippen LogP) is 6.40. The standard InChI is InChI=1S/C28H30ClF3N2O4S/c1-3-17-38-26-9-5-4-7-21(26)8-6-16-33-27(35)19-34(39(36,37)23-13-10-20(2)11-14-23)22-12-15-25(29)24(18-22)28(30,31)32/h4-5,7,9-15,18H,3,6,8,16-17,19H2,1-2H3,(H,33,35). The summed E-state index contributed by atoms with van der Waals surface area (Å²) in [6.07, 6.45) is -2.80. The van der Waals surface area contributed by atoms with Crippen LogP contribution in [-0.2, 0) is 27.4 Å². The molecule has 0 atom stereocenters. The van der Waals surface area contributed by atoms with Gasteiger partial charge in [0, 0.05) is 6.54 Å². The molecule has 0 saturated heterocycles. The molecule has 1 amide bonds. The number of carbonyl (C=O) groups excluding carboxylic acids is 1. The molecule has 6 nitrogen and oxygen atoms in total. The molecule has 0 radical (unpaired) electrons. The molecule has 0 spiro atoms. The number of sulfonamides is 1. The number of hydrogen-bond donors (Lipinski definition) is 1. The maximum absolute atomic E-state index is 13.5. The molecule has 39 heavy (non-hydrogen) atoms. The number of aryl methyl sites for hydroxylation is 2. The van der Waals surface area contributed by atoms with E-state index < -0.39 is 39.2 Å². The lowest BCUT2D eigenvalue weighted by molar-refractivity contribution is -0.137. The van der Waals surface area contributed by atoms with Crippen LogP contribution in [0.15, 0.2) is 71.6 Å². The van der Waals surface area contributed by atoms with Crippen molar-refractivity contribution >= 4 is 33.2 Å². The van der Waals surface area contributed by atoms with Crippen molar-refractivity contribution in [3.8, 4) is 5.75 Å². The normalized spacial score (nSPS) is 11.7. The minimum absolute atomic E-state index is 0.159. The fraction of sp³-hybridized carbons (Fsp3) is 0.321. The lowest BCUT2D eigenvalue weighted by Gasteiger charge is -2.25. The number of hydrogen-bond acceptors (Lipinski definition) is 4. The van der Waals surface area contributed by atoms with E-state index in [-0.39, 0.29) is 17.1 Å². The summed E-state index contributed by atoms with van der Waals surface area (Å²) in [4.78, 5) is 12.7. The number of carbonyl (C=O) groups is 1. The fourth-order valence-electron chi connectivity index (χ4n) is 3.79. The van der Waals surface area contributed by atoms with Crippen molar-refractivity contribution in [3.05, 3.63) is 88.4 Å². The number of benzene rings is 3. The third kappa shape index (κ3) is 8.12. The Balaban J connectivity index is 1.78. The summed E-state index contributed by atoms with van der Waals surface area (Å²) in [5.41, 5.74) is 0.245. The molecule has 0 saturated carbocycles. The van der Waals surface area contributed by atoms with E-state index >= 15 is 0 Å². The highest BCUT2D eigenvalue weighted by atomic mass is 35.5. The van der Waals surface area contributed by atoms with Gasteiger partial charge in [-0.15, -0.1) is 0 Å². The van der Waals surface area contributed by atoms with E-state index in [0.717, 1.165) is 35.4 Å². The van der Waals surface area contributed by atoms with Gasteiger partial charge in [0.15, 0.2) is 0 Å². The average molecular weight is 583 g/mol. The van der Waals surface area contributed by atoms with Crippen molar-refractivity contribution in [2.45, 2.75) is 44.2 Å². The smallest absolute Gasteiger partial charge is 0.417 e. The Labute approximate surface area is 231 Å². The van der Waals surface area contributed by atoms with Crippen molar-refractivity contribution in [1.82, 2.24) is 5.32 Å². The van der Waals surface area contributed by atoms with Crippen molar-refractivity contribution < 1.29 is 31.1 Å². The highest BCUT2D eigenvalue weighted by molar-refractivity contribution is 7.92. The second kappa shape index (κ2) is 13.2. The molecule has 3 aromatic rings. The van der Waals surface area contributed by atoms with Crippen molar-refractivity contribution in [3.63, 3.8) is 0 Å². The second-order valence-electron chi connectivity index (χ2n) is 8.90. The number of ether oxygens (including phenoxy) is 1. The summed E-state index contributed by atoms with van der Waals surface area (Å²) >= 11 is 5.74. The molecule has 1 N–H and O–H groups in total. The number of para-hydroxylation sites is 1. The van der Waals surface area contributed by atoms with Gasteiger partial charge in [0.05, 0.1) is 27.8 Å². The van der Waals surface area contributed by atoms with E-state index in [0.29, 0.717) is 29.8 Å². The van der Waals surface area contributed by atoms with E-state index in [4.69, 9.17) is 16.3 Å². The van der Waals surface area contributed by atoms with Gasteiger partial charge in [-0.25, -0.2) is 8.42 Å². The molecule has 0 aromatic heterocycles. The Bertz CT molecular complexity index is 1380. The first-order valence-corrected chi connectivity index (χ1v) is 14.2. The van der Waals surface area contributed by atoms with Gasteiger partial charge in [-0.1, -0.05) is 54.4 Å². The first kappa shape index (κ1) is 30.3. The molecule has 11 heteroatoms. The van der Waals surface area contributed by atoms with E-state index in [1.807, 2.05) is 31.2 Å². The minimum atomic E-state index is -4.81. The van der Waals surface area contributed by atoms with E-state index in [1.165, 1.54) is 12.1 Å². The number of nitrogens with zero attached hydrogens (tertiary/aromatic N) is 1. The molecule has 3 rings (SSSR count). The SMILES string of the molecule is CCCOc1ccccc1CCCNC(=O)CN(c1ccc(Cl)c(C(F)(F)F)c1)S(=O)(=O)c1ccc(C)cc1. The first-order valence-electron chi connectivity index (χ1n) is 12.4. The molecular weight excluding hydrogens is 553 g/mol. The number of anilines is 1. The van der Waals surface area contributed by atoms with Crippen LogP contribution >= 0.6 is 11.6 Å². The second-order valence-corrected chi connectivity index (χ2v) is 11.2. The summed E-state index contributed by atoms with van der Waals surface area (Å²) < 4.78 is 73.9. The number of halogens is 4. The molecule has 0 aliphatic heterocycles. The quantitative estimate of drug-likeness (QED) is 0.251. The predicted molar refractivity (Wildman–Crippen MR) is 146 cm³/mol. The minimum Gasteiger partial charge on any atom is -0.493 e. The van der Waals surface area contributed by atoms with E-state index in [9.17, 15) is 26.4 Å². The Morgan fingerprint density at radius 2 is 1.74 bits per heavy atom. The van der Waals surface area contributed by atoms with Crippen LogP contribution in [-0.4, -0.2) is 34.0 Å². The van der Waals surface area contributed by atoms with Gasteiger partial charge in [0.25, 0.3) is 10.0 Å². The van der Waals surface area contributed by atoms with Crippen LogP contribution < -0.4 is 14.4 Å². The van der Waals surface area contributed by atoms with Crippen LogP contribution in [0.2, 0.25) is 5.02 Å². The van der Waals surface area contributed by atoms with Gasteiger partial charge >= 0.3 is 6.18 Å². The lowest BCUT2D eigenvalue weighted by Crippen LogP contribution is -2.41. The summed E-state index contributed by atoms with van der Waals surface area (Å²) in [5, 5.41) is 2.09. The van der Waals surface area contributed by atoms with Gasteiger partial charge in [-0.05, 0) is 68.1 Å². The number of alkyl halides is 3. The van der Waals surface area contributed by atoms with Gasteiger partial charge in [0.2, 0.25) is 5.91 Å². The van der Waals surface area contributed by atoms with E-state index in [2.05, 4.69) is 5.32 Å². The van der Waals surface area contributed by atoms with Crippen LogP contribution in [0.3, 0.4) is 0 Å². The Morgan fingerprint density at radius 3 is 2.41 bits per heavy atom. The largest absolute Gasteiger partial charge is 0.493 e. The van der Waals surface area contributed by atoms with Crippen LogP contribution in [0.5, 0.6) is 5.75 Å². The summed E-state index contributed by atoms with van der Waals surface area (Å²) in [7, 11) is -4.38. The molecule has 210 valence electrons. The number of nitrogens with one attached hydrogen (secondary N) is 1. The molecule has 0 heterocycles. The Hall–Kier alpha value is -3.24. The monoisotopic (exact) mass is 582 g/mol. The van der Waals surface area contributed by atoms with Gasteiger partial charge in [-0.2, -0.15) is 13.2 Å². The van der Waals surface area contributed by atoms with Crippen LogP contribution in [0.25, 0.3) is 0 Å². The molecule has 0 aliphatic rings. The molecule has 0 aliphatic carbocycles. The maximum atomic E-state index is 13.5. The third-order valence-electron chi connectivity index (χ3n) is 5.82. The van der Waals surface area contributed by atoms with Gasteiger partial charge in [0.1, 0.15) is 12.3 Å². The third-order valence-corrected chi connectivity index (χ3v) is 7.94. The zero-order valence-electron chi connectivity index (χ0n) is 21.6. The molecule has 0 bridgehead atoms. The zero-order chi connectivity index (χ0) is 28.6. The van der Waals surface area contributed by atoms with Crippen LogP contribution in [0.4, 0.5) is 18.9 Å². The van der Waals surface area contributed by atoms with Crippen LogP contribution in [0, 0.1) is 6.92 Å². The number of amides is 1. The van der Waals surface area contributed by atoms with E-state index in [1.54, 1.807) is 19.1 Å². The first-order chi connectivity index (χ1) is 18.4. The Kier molecular flexibility index (Phi) is 10.3. The molecule has 3 aromatic carbocycles. The topological polar surface area (TPSA) is 75.7 Å². The maximum Gasteiger partial charge on any atom is 0.417 e. The number of rotatable bonds is 12. The highest BCUT2D eigenvalue weighted by Crippen LogP contribution is 2.38. The fourth-order valence-corrected chi connectivity index (χ4v) is 5.43. The summed E-state index contributed by atoms with van der Waals surface area (Å²) in [6, 6.07) is 16.1. The Morgan fingerprint density at radius 1 is 1.05 bits per heavy atom. The molecular formula is C28H30ClF3N2O4S. The van der Waals surface area contributed by atoms with Gasteiger partial charge < -0.3 is 10.1 Å². The van der Waals surface area contributed by atoms with Crippen molar-refractivity contribution in [1.29, 1.82) is 0 Å². The van der Waals surface area contributed by atoms with Gasteiger partial charge in [-0.3, -0.25) is 9.10 Å². The van der Waals surface area contributed by atoms with Crippen molar-refractivity contribution in [2.24, 2.45) is 0 Å². The van der Waals surface area contributed by atoms with Crippen LogP contribution in [0.1, 0.15) is 36.5 Å². The summed E-state index contributed by atoms with van der Waals surface area (Å²) in [5.74, 6) is 0.106.